The molecule has 0 saturated heterocycles. The zero-order valence-corrected chi connectivity index (χ0v) is 8.10. The first-order chi connectivity index (χ1) is 6.68. The van der Waals surface area contributed by atoms with E-state index >= 15 is 0 Å². The van der Waals surface area contributed by atoms with Gasteiger partial charge in [0.25, 0.3) is 0 Å². The van der Waals surface area contributed by atoms with Crippen LogP contribution in [0.2, 0.25) is 0 Å². The van der Waals surface area contributed by atoms with Crippen LogP contribution in [0.25, 0.3) is 11.4 Å². The van der Waals surface area contributed by atoms with Gasteiger partial charge in [0.05, 0.1) is 11.9 Å². The Balaban J connectivity index is 2.60. The lowest BCUT2D eigenvalue weighted by Crippen LogP contribution is -1.98. The summed E-state index contributed by atoms with van der Waals surface area (Å²) in [7, 11) is 1.84. The van der Waals surface area contributed by atoms with Gasteiger partial charge in [-0.2, -0.15) is 5.10 Å². The first kappa shape index (κ1) is 8.68. The summed E-state index contributed by atoms with van der Waals surface area (Å²) in [5.74, 6) is 1.50. The van der Waals surface area contributed by atoms with E-state index in [9.17, 15) is 0 Å². The van der Waals surface area contributed by atoms with E-state index in [0.29, 0.717) is 5.69 Å². The Kier molecular flexibility index (Phi) is 1.92. The topological polar surface area (TPSA) is 69.6 Å². The number of pyridine rings is 1. The minimum Gasteiger partial charge on any atom is -0.397 e. The van der Waals surface area contributed by atoms with E-state index < -0.39 is 0 Å². The van der Waals surface area contributed by atoms with E-state index in [0.717, 1.165) is 17.2 Å². The molecule has 2 rings (SSSR count). The summed E-state index contributed by atoms with van der Waals surface area (Å²) in [6.45, 7) is 1.85. The van der Waals surface area contributed by atoms with E-state index in [-0.39, 0.29) is 0 Å². The number of aromatic nitrogens is 4. The number of anilines is 1. The van der Waals surface area contributed by atoms with Gasteiger partial charge in [0.15, 0.2) is 5.82 Å². The Bertz CT molecular complexity index is 460. The van der Waals surface area contributed by atoms with Gasteiger partial charge >= 0.3 is 0 Å². The van der Waals surface area contributed by atoms with Crippen molar-refractivity contribution in [3.63, 3.8) is 0 Å². The van der Waals surface area contributed by atoms with E-state index in [4.69, 9.17) is 5.73 Å². The zero-order valence-electron chi connectivity index (χ0n) is 8.10. The average molecular weight is 189 g/mol. The first-order valence-electron chi connectivity index (χ1n) is 4.26. The van der Waals surface area contributed by atoms with Crippen LogP contribution < -0.4 is 5.73 Å². The molecule has 0 aliphatic heterocycles. The van der Waals surface area contributed by atoms with Crippen molar-refractivity contribution in [2.45, 2.75) is 6.92 Å². The second-order valence-corrected chi connectivity index (χ2v) is 3.07. The SMILES string of the molecule is Cc1nc(-c2ccncc2N)n(C)n1. The van der Waals surface area contributed by atoms with Crippen LogP contribution in [0.4, 0.5) is 5.69 Å². The van der Waals surface area contributed by atoms with Crippen molar-refractivity contribution in [3.05, 3.63) is 24.3 Å². The Morgan fingerprint density at radius 2 is 2.21 bits per heavy atom. The molecule has 0 bridgehead atoms. The lowest BCUT2D eigenvalue weighted by Gasteiger charge is -2.02. The number of rotatable bonds is 1. The zero-order chi connectivity index (χ0) is 10.1. The molecule has 2 N–H and O–H groups in total. The predicted molar refractivity (Wildman–Crippen MR) is 53.4 cm³/mol. The monoisotopic (exact) mass is 189 g/mol. The Morgan fingerprint density at radius 1 is 1.43 bits per heavy atom. The number of nitrogens with two attached hydrogens (primary N) is 1. The van der Waals surface area contributed by atoms with Crippen molar-refractivity contribution in [2.24, 2.45) is 7.05 Å². The number of hydrogen-bond donors (Lipinski definition) is 1. The summed E-state index contributed by atoms with van der Waals surface area (Å²) in [5.41, 5.74) is 7.26. The molecule has 0 aromatic carbocycles. The van der Waals surface area contributed by atoms with E-state index in [2.05, 4.69) is 15.1 Å². The largest absolute Gasteiger partial charge is 0.397 e. The van der Waals surface area contributed by atoms with Gasteiger partial charge in [-0.25, -0.2) is 9.67 Å². The predicted octanol–water partition coefficient (Wildman–Crippen LogP) is 0.768. The lowest BCUT2D eigenvalue weighted by atomic mass is 10.2. The summed E-state index contributed by atoms with van der Waals surface area (Å²) >= 11 is 0. The van der Waals surface area contributed by atoms with Gasteiger partial charge in [-0.3, -0.25) is 4.98 Å². The van der Waals surface area contributed by atoms with Gasteiger partial charge in [-0.1, -0.05) is 0 Å². The number of aryl methyl sites for hydroxylation is 2. The first-order valence-corrected chi connectivity index (χ1v) is 4.26. The fraction of sp³-hybridized carbons (Fsp3) is 0.222. The molecule has 0 saturated carbocycles. The second kappa shape index (κ2) is 3.10. The molecule has 0 aliphatic rings. The molecule has 2 aromatic heterocycles. The van der Waals surface area contributed by atoms with Crippen LogP contribution >= 0.6 is 0 Å². The maximum absolute atomic E-state index is 5.79. The summed E-state index contributed by atoms with van der Waals surface area (Å²) in [6.07, 6.45) is 3.30. The second-order valence-electron chi connectivity index (χ2n) is 3.07. The average Bonchev–Trinajstić information content (AvgIpc) is 2.46. The van der Waals surface area contributed by atoms with Crippen molar-refractivity contribution >= 4 is 5.69 Å². The minimum absolute atomic E-state index is 0.614. The fourth-order valence-electron chi connectivity index (χ4n) is 1.36. The highest BCUT2D eigenvalue weighted by atomic mass is 15.3. The summed E-state index contributed by atoms with van der Waals surface area (Å²) < 4.78 is 1.71. The molecular weight excluding hydrogens is 178 g/mol. The minimum atomic E-state index is 0.614. The van der Waals surface area contributed by atoms with Crippen molar-refractivity contribution in [3.8, 4) is 11.4 Å². The molecule has 5 heteroatoms. The van der Waals surface area contributed by atoms with Gasteiger partial charge in [-0.05, 0) is 13.0 Å². The Morgan fingerprint density at radius 3 is 2.79 bits per heavy atom. The van der Waals surface area contributed by atoms with E-state index in [1.807, 2.05) is 20.0 Å². The maximum atomic E-state index is 5.79. The third kappa shape index (κ3) is 1.32. The molecule has 2 heterocycles. The van der Waals surface area contributed by atoms with Crippen molar-refractivity contribution in [1.82, 2.24) is 19.7 Å². The summed E-state index contributed by atoms with van der Waals surface area (Å²) in [4.78, 5) is 8.21. The lowest BCUT2D eigenvalue weighted by molar-refractivity contribution is 0.764. The molecule has 14 heavy (non-hydrogen) atoms. The van der Waals surface area contributed by atoms with Crippen LogP contribution in [-0.2, 0) is 7.05 Å². The van der Waals surface area contributed by atoms with Gasteiger partial charge in [0.1, 0.15) is 5.82 Å². The Hall–Kier alpha value is -1.91. The highest BCUT2D eigenvalue weighted by molar-refractivity contribution is 5.70. The number of nitrogens with zero attached hydrogens (tertiary/aromatic N) is 4. The van der Waals surface area contributed by atoms with E-state index in [1.54, 1.807) is 17.1 Å². The van der Waals surface area contributed by atoms with E-state index in [1.165, 1.54) is 0 Å². The molecule has 0 unspecified atom stereocenters. The molecule has 5 nitrogen and oxygen atoms in total. The van der Waals surface area contributed by atoms with Gasteiger partial charge in [0, 0.05) is 18.8 Å². The highest BCUT2D eigenvalue weighted by Gasteiger charge is 2.09. The smallest absolute Gasteiger partial charge is 0.160 e. The van der Waals surface area contributed by atoms with Crippen LogP contribution in [-0.4, -0.2) is 19.7 Å². The third-order valence-electron chi connectivity index (χ3n) is 1.96. The van der Waals surface area contributed by atoms with Crippen molar-refractivity contribution < 1.29 is 0 Å². The number of hydrogen-bond acceptors (Lipinski definition) is 4. The van der Waals surface area contributed by atoms with Crippen LogP contribution in [0.15, 0.2) is 18.5 Å². The van der Waals surface area contributed by atoms with Crippen LogP contribution in [0.1, 0.15) is 5.82 Å². The molecule has 2 aromatic rings. The molecule has 72 valence electrons. The molecule has 0 aliphatic carbocycles. The fourth-order valence-corrected chi connectivity index (χ4v) is 1.36. The van der Waals surface area contributed by atoms with Crippen molar-refractivity contribution in [1.29, 1.82) is 0 Å². The number of nitrogen functional groups attached to an aromatic ring is 1. The molecular formula is C9H11N5. The standard InChI is InChI=1S/C9H11N5/c1-6-12-9(14(2)13-6)7-3-4-11-5-8(7)10/h3-5H,10H2,1-2H3. The summed E-state index contributed by atoms with van der Waals surface area (Å²) in [5, 5.41) is 4.16. The van der Waals surface area contributed by atoms with Gasteiger partial charge in [-0.15, -0.1) is 0 Å². The Labute approximate surface area is 81.6 Å². The molecule has 0 atom stereocenters. The van der Waals surface area contributed by atoms with Crippen LogP contribution in [0.3, 0.4) is 0 Å². The van der Waals surface area contributed by atoms with Crippen molar-refractivity contribution in [2.75, 3.05) is 5.73 Å². The van der Waals surface area contributed by atoms with Gasteiger partial charge in [0.2, 0.25) is 0 Å². The molecule has 0 spiro atoms. The maximum Gasteiger partial charge on any atom is 0.160 e. The normalized spacial score (nSPS) is 10.4. The quantitative estimate of drug-likeness (QED) is 0.719. The third-order valence-corrected chi connectivity index (χ3v) is 1.96. The van der Waals surface area contributed by atoms with Crippen LogP contribution in [0.5, 0.6) is 0 Å². The van der Waals surface area contributed by atoms with Gasteiger partial charge < -0.3 is 5.73 Å². The molecule has 0 amide bonds. The highest BCUT2D eigenvalue weighted by Crippen LogP contribution is 2.21. The molecule has 0 radical (unpaired) electrons. The molecule has 0 fully saturated rings. The summed E-state index contributed by atoms with van der Waals surface area (Å²) in [6, 6.07) is 1.83. The van der Waals surface area contributed by atoms with Crippen LogP contribution in [0, 0.1) is 6.92 Å².